The highest BCUT2D eigenvalue weighted by atomic mass is 79.9. The van der Waals surface area contributed by atoms with Crippen LogP contribution in [0.1, 0.15) is 11.1 Å². The summed E-state index contributed by atoms with van der Waals surface area (Å²) in [5.74, 6) is 0. The summed E-state index contributed by atoms with van der Waals surface area (Å²) in [4.78, 5) is 3.91. The van der Waals surface area contributed by atoms with Crippen LogP contribution in [-0.2, 0) is 12.6 Å². The first-order valence-electron chi connectivity index (χ1n) is 5.96. The number of rotatable bonds is 4. The third-order valence-corrected chi connectivity index (χ3v) is 3.46. The fourth-order valence-electron chi connectivity index (χ4n) is 1.73. The van der Waals surface area contributed by atoms with E-state index in [4.69, 9.17) is 0 Å². The van der Waals surface area contributed by atoms with E-state index in [2.05, 4.69) is 26.2 Å². The number of hydrogen-bond acceptors (Lipinski definition) is 2. The molecular formula is C14H12BrF3N2. The minimum Gasteiger partial charge on any atom is -0.384 e. The Morgan fingerprint density at radius 1 is 1.10 bits per heavy atom. The van der Waals surface area contributed by atoms with Gasteiger partial charge >= 0.3 is 6.18 Å². The third kappa shape index (κ3) is 3.96. The van der Waals surface area contributed by atoms with Crippen LogP contribution in [0.3, 0.4) is 0 Å². The molecule has 1 aromatic heterocycles. The van der Waals surface area contributed by atoms with Crippen molar-refractivity contribution >= 4 is 21.6 Å². The Bertz CT molecular complexity index is 570. The monoisotopic (exact) mass is 344 g/mol. The van der Waals surface area contributed by atoms with E-state index in [9.17, 15) is 13.2 Å². The van der Waals surface area contributed by atoms with Crippen LogP contribution in [0.4, 0.5) is 18.9 Å². The molecule has 2 aromatic rings. The summed E-state index contributed by atoms with van der Waals surface area (Å²) in [7, 11) is 0. The van der Waals surface area contributed by atoms with E-state index in [1.54, 1.807) is 12.4 Å². The van der Waals surface area contributed by atoms with Crippen LogP contribution in [0.5, 0.6) is 0 Å². The highest BCUT2D eigenvalue weighted by molar-refractivity contribution is 9.10. The van der Waals surface area contributed by atoms with Crippen molar-refractivity contribution in [3.05, 3.63) is 58.3 Å². The Morgan fingerprint density at radius 2 is 1.80 bits per heavy atom. The van der Waals surface area contributed by atoms with Crippen molar-refractivity contribution in [2.75, 3.05) is 11.9 Å². The van der Waals surface area contributed by atoms with Gasteiger partial charge in [-0.05, 0) is 58.2 Å². The van der Waals surface area contributed by atoms with Gasteiger partial charge in [0, 0.05) is 29.1 Å². The Kier molecular flexibility index (Phi) is 4.65. The molecule has 1 N–H and O–H groups in total. The van der Waals surface area contributed by atoms with E-state index in [0.717, 1.165) is 17.7 Å². The second-order valence-electron chi connectivity index (χ2n) is 4.22. The van der Waals surface area contributed by atoms with Crippen molar-refractivity contribution in [2.24, 2.45) is 0 Å². The van der Waals surface area contributed by atoms with Crippen molar-refractivity contribution in [3.8, 4) is 0 Å². The molecule has 20 heavy (non-hydrogen) atoms. The number of halogens is 4. The Hall–Kier alpha value is -1.56. The number of nitrogens with zero attached hydrogens (tertiary/aromatic N) is 1. The number of nitrogens with one attached hydrogen (secondary N) is 1. The van der Waals surface area contributed by atoms with Crippen LogP contribution in [0.2, 0.25) is 0 Å². The number of hydrogen-bond donors (Lipinski definition) is 1. The summed E-state index contributed by atoms with van der Waals surface area (Å²) in [5, 5.41) is 3.01. The Labute approximate surface area is 123 Å². The maximum Gasteiger partial charge on any atom is 0.416 e. The van der Waals surface area contributed by atoms with Crippen LogP contribution in [0, 0.1) is 0 Å². The topological polar surface area (TPSA) is 24.9 Å². The minimum atomic E-state index is -4.33. The summed E-state index contributed by atoms with van der Waals surface area (Å²) in [6.45, 7) is 0.546. The van der Waals surface area contributed by atoms with Gasteiger partial charge in [0.05, 0.1) is 5.56 Å². The summed E-state index contributed by atoms with van der Waals surface area (Å²) < 4.78 is 38.5. The van der Waals surface area contributed by atoms with E-state index in [0.29, 0.717) is 23.1 Å². The Balaban J connectivity index is 2.02. The average molecular weight is 345 g/mol. The van der Waals surface area contributed by atoms with E-state index < -0.39 is 11.7 Å². The number of anilines is 1. The molecule has 2 nitrogen and oxygen atoms in total. The van der Waals surface area contributed by atoms with Crippen LogP contribution in [-0.4, -0.2) is 11.5 Å². The van der Waals surface area contributed by atoms with E-state index in [-0.39, 0.29) is 0 Å². The Morgan fingerprint density at radius 3 is 2.45 bits per heavy atom. The zero-order valence-electron chi connectivity index (χ0n) is 10.4. The van der Waals surface area contributed by atoms with Crippen LogP contribution >= 0.6 is 15.9 Å². The fraction of sp³-hybridized carbons (Fsp3) is 0.214. The summed E-state index contributed by atoms with van der Waals surface area (Å²) in [6, 6.07) is 7.32. The van der Waals surface area contributed by atoms with Gasteiger partial charge in [-0.25, -0.2) is 0 Å². The van der Waals surface area contributed by atoms with Crippen molar-refractivity contribution in [3.63, 3.8) is 0 Å². The molecule has 2 rings (SSSR count). The largest absolute Gasteiger partial charge is 0.416 e. The van der Waals surface area contributed by atoms with Gasteiger partial charge in [0.2, 0.25) is 0 Å². The lowest BCUT2D eigenvalue weighted by molar-refractivity contribution is -0.137. The minimum absolute atomic E-state index is 0.439. The zero-order chi connectivity index (χ0) is 14.6. The molecule has 106 valence electrons. The molecular weight excluding hydrogens is 333 g/mol. The van der Waals surface area contributed by atoms with E-state index in [1.807, 2.05) is 12.1 Å². The molecule has 0 aliphatic rings. The van der Waals surface area contributed by atoms with Crippen molar-refractivity contribution in [1.29, 1.82) is 0 Å². The average Bonchev–Trinajstić information content (AvgIpc) is 2.41. The summed E-state index contributed by atoms with van der Waals surface area (Å²) >= 11 is 3.24. The fourth-order valence-corrected chi connectivity index (χ4v) is 2.11. The van der Waals surface area contributed by atoms with Gasteiger partial charge < -0.3 is 5.32 Å². The van der Waals surface area contributed by atoms with E-state index in [1.165, 1.54) is 6.07 Å². The maximum absolute atomic E-state index is 12.6. The molecule has 0 atom stereocenters. The molecule has 1 aromatic carbocycles. The highest BCUT2D eigenvalue weighted by Gasteiger charge is 2.30. The third-order valence-electron chi connectivity index (χ3n) is 2.77. The first-order chi connectivity index (χ1) is 9.47. The number of benzene rings is 1. The molecule has 0 unspecified atom stereocenters. The van der Waals surface area contributed by atoms with Gasteiger partial charge in [-0.1, -0.05) is 0 Å². The predicted molar refractivity (Wildman–Crippen MR) is 75.6 cm³/mol. The summed E-state index contributed by atoms with van der Waals surface area (Å²) in [6.07, 6.45) is -0.238. The van der Waals surface area contributed by atoms with Crippen LogP contribution < -0.4 is 5.32 Å². The van der Waals surface area contributed by atoms with Crippen molar-refractivity contribution < 1.29 is 13.2 Å². The molecule has 0 amide bonds. The van der Waals surface area contributed by atoms with Crippen LogP contribution in [0.25, 0.3) is 0 Å². The molecule has 1 heterocycles. The van der Waals surface area contributed by atoms with Gasteiger partial charge in [0.25, 0.3) is 0 Å². The van der Waals surface area contributed by atoms with Gasteiger partial charge in [-0.15, -0.1) is 0 Å². The lowest BCUT2D eigenvalue weighted by Gasteiger charge is -2.12. The first kappa shape index (κ1) is 14.8. The predicted octanol–water partition coefficient (Wildman–Crippen LogP) is 4.52. The lowest BCUT2D eigenvalue weighted by atomic mass is 10.1. The first-order valence-corrected chi connectivity index (χ1v) is 6.75. The molecule has 0 aliphatic heterocycles. The second-order valence-corrected chi connectivity index (χ2v) is 5.08. The second kappa shape index (κ2) is 6.26. The number of pyridine rings is 1. The SMILES string of the molecule is FC(F)(F)c1ccc(Br)c(NCCc2ccncc2)c1. The quantitative estimate of drug-likeness (QED) is 0.882. The highest BCUT2D eigenvalue weighted by Crippen LogP contribution is 2.33. The van der Waals surface area contributed by atoms with Gasteiger partial charge in [0.15, 0.2) is 0 Å². The lowest BCUT2D eigenvalue weighted by Crippen LogP contribution is -2.09. The normalized spacial score (nSPS) is 11.4. The molecule has 0 spiro atoms. The smallest absolute Gasteiger partial charge is 0.384 e. The van der Waals surface area contributed by atoms with Gasteiger partial charge in [-0.2, -0.15) is 13.2 Å². The van der Waals surface area contributed by atoms with Gasteiger partial charge in [-0.3, -0.25) is 4.98 Å². The molecule has 0 aliphatic carbocycles. The molecule has 0 fully saturated rings. The number of aromatic nitrogens is 1. The molecule has 6 heteroatoms. The van der Waals surface area contributed by atoms with Crippen molar-refractivity contribution in [1.82, 2.24) is 4.98 Å². The van der Waals surface area contributed by atoms with E-state index >= 15 is 0 Å². The van der Waals surface area contributed by atoms with Crippen molar-refractivity contribution in [2.45, 2.75) is 12.6 Å². The van der Waals surface area contributed by atoms with Gasteiger partial charge in [0.1, 0.15) is 0 Å². The maximum atomic E-state index is 12.6. The molecule has 0 saturated heterocycles. The number of alkyl halides is 3. The molecule has 0 bridgehead atoms. The van der Waals surface area contributed by atoms with Crippen LogP contribution in [0.15, 0.2) is 47.2 Å². The zero-order valence-corrected chi connectivity index (χ0v) is 12.0. The standard InChI is InChI=1S/C14H12BrF3N2/c15-12-2-1-11(14(16,17)18)9-13(12)20-8-5-10-3-6-19-7-4-10/h1-4,6-7,9,20H,5,8H2. The molecule has 0 saturated carbocycles. The molecule has 0 radical (unpaired) electrons. The summed E-state index contributed by atoms with van der Waals surface area (Å²) in [5.41, 5.74) is 0.858.